The van der Waals surface area contributed by atoms with Crippen LogP contribution >= 0.6 is 11.3 Å². The van der Waals surface area contributed by atoms with Gasteiger partial charge in [-0.15, -0.1) is 0 Å². The van der Waals surface area contributed by atoms with Gasteiger partial charge >= 0.3 is 0 Å². The highest BCUT2D eigenvalue weighted by Gasteiger charge is 2.17. The average Bonchev–Trinajstić information content (AvgIpc) is 2.70. The van der Waals surface area contributed by atoms with E-state index in [0.29, 0.717) is 5.69 Å². The van der Waals surface area contributed by atoms with Gasteiger partial charge in [0.2, 0.25) is 0 Å². The third kappa shape index (κ3) is 2.15. The molecule has 0 aromatic carbocycles. The fourth-order valence-electron chi connectivity index (χ4n) is 1.15. The molecule has 0 fully saturated rings. The summed E-state index contributed by atoms with van der Waals surface area (Å²) >= 11 is 1.41. The summed E-state index contributed by atoms with van der Waals surface area (Å²) in [6.07, 6.45) is 2.67. The lowest BCUT2D eigenvalue weighted by Gasteiger charge is -2.07. The van der Waals surface area contributed by atoms with E-state index in [1.807, 2.05) is 0 Å². The molecule has 0 amide bonds. The molecule has 84 valence electrons. The van der Waals surface area contributed by atoms with Gasteiger partial charge in [-0.25, -0.2) is 8.42 Å². The second-order valence-corrected chi connectivity index (χ2v) is 5.46. The summed E-state index contributed by atoms with van der Waals surface area (Å²) < 4.78 is 26.2. The molecule has 3 N–H and O–H groups in total. The molecule has 0 radical (unpaired) electrons. The number of nitrogens with one attached hydrogen (secondary N) is 1. The summed E-state index contributed by atoms with van der Waals surface area (Å²) in [4.78, 5) is 3.73. The van der Waals surface area contributed by atoms with Gasteiger partial charge < -0.3 is 5.73 Å². The summed E-state index contributed by atoms with van der Waals surface area (Å²) in [6.45, 7) is 0. The van der Waals surface area contributed by atoms with Crippen molar-refractivity contribution in [1.29, 1.82) is 0 Å². The number of nitrogens with two attached hydrogens (primary N) is 1. The molecule has 2 aromatic heterocycles. The Balaban J connectivity index is 2.37. The minimum atomic E-state index is -3.64. The first-order valence-electron chi connectivity index (χ1n) is 4.34. The summed E-state index contributed by atoms with van der Waals surface area (Å²) in [7, 11) is -3.64. The fraction of sp³-hybridized carbons (Fsp3) is 0. The highest BCUT2D eigenvalue weighted by atomic mass is 32.2. The topological polar surface area (TPSA) is 85.1 Å². The van der Waals surface area contributed by atoms with Gasteiger partial charge in [-0.2, -0.15) is 11.3 Å². The Kier molecular flexibility index (Phi) is 2.80. The maximum absolute atomic E-state index is 11.9. The number of anilines is 2. The molecule has 2 aromatic rings. The van der Waals surface area contributed by atoms with Gasteiger partial charge in [0.25, 0.3) is 10.0 Å². The predicted octanol–water partition coefficient (Wildman–Crippen LogP) is 1.53. The van der Waals surface area contributed by atoms with Crippen LogP contribution < -0.4 is 10.5 Å². The highest BCUT2D eigenvalue weighted by Crippen LogP contribution is 2.21. The molecule has 0 bridgehead atoms. The summed E-state index contributed by atoms with van der Waals surface area (Å²) in [5.74, 6) is 0. The minimum Gasteiger partial charge on any atom is -0.398 e. The Morgan fingerprint density at radius 3 is 2.81 bits per heavy atom. The molecule has 0 spiro atoms. The van der Waals surface area contributed by atoms with Crippen molar-refractivity contribution in [3.8, 4) is 0 Å². The molecule has 0 unspecified atom stereocenters. The van der Waals surface area contributed by atoms with Crippen LogP contribution in [0.25, 0.3) is 0 Å². The third-order valence-corrected chi connectivity index (χ3v) is 3.99. The first-order chi connectivity index (χ1) is 7.59. The van der Waals surface area contributed by atoms with E-state index in [1.54, 1.807) is 16.8 Å². The first-order valence-corrected chi connectivity index (χ1v) is 6.77. The van der Waals surface area contributed by atoms with E-state index in [-0.39, 0.29) is 10.6 Å². The largest absolute Gasteiger partial charge is 0.398 e. The van der Waals surface area contributed by atoms with Crippen molar-refractivity contribution in [1.82, 2.24) is 4.98 Å². The number of thiophene rings is 1. The van der Waals surface area contributed by atoms with Crippen LogP contribution in [-0.2, 0) is 10.0 Å². The zero-order valence-electron chi connectivity index (χ0n) is 8.12. The van der Waals surface area contributed by atoms with E-state index in [4.69, 9.17) is 5.73 Å². The van der Waals surface area contributed by atoms with E-state index in [9.17, 15) is 8.42 Å². The number of sulfonamides is 1. The number of aromatic nitrogens is 1. The monoisotopic (exact) mass is 255 g/mol. The molecule has 0 aliphatic heterocycles. The molecule has 0 atom stereocenters. The molecule has 7 heteroatoms. The van der Waals surface area contributed by atoms with E-state index in [0.717, 1.165) is 0 Å². The smallest absolute Gasteiger partial charge is 0.265 e. The van der Waals surface area contributed by atoms with Gasteiger partial charge in [0, 0.05) is 17.8 Å². The quantitative estimate of drug-likeness (QED) is 0.871. The van der Waals surface area contributed by atoms with E-state index in [2.05, 4.69) is 9.71 Å². The number of hydrogen-bond acceptors (Lipinski definition) is 5. The van der Waals surface area contributed by atoms with Crippen LogP contribution in [0.4, 0.5) is 11.4 Å². The Morgan fingerprint density at radius 2 is 2.19 bits per heavy atom. The van der Waals surface area contributed by atoms with Crippen LogP contribution in [-0.4, -0.2) is 13.4 Å². The lowest BCUT2D eigenvalue weighted by molar-refractivity contribution is 0.601. The molecule has 0 saturated carbocycles. The summed E-state index contributed by atoms with van der Waals surface area (Å²) in [5, 5.41) is 3.48. The lowest BCUT2D eigenvalue weighted by atomic mass is 10.4. The molecule has 16 heavy (non-hydrogen) atoms. The van der Waals surface area contributed by atoms with Crippen molar-refractivity contribution in [3.05, 3.63) is 35.3 Å². The van der Waals surface area contributed by atoms with Crippen molar-refractivity contribution in [2.75, 3.05) is 10.5 Å². The number of pyridine rings is 1. The van der Waals surface area contributed by atoms with Gasteiger partial charge in [-0.05, 0) is 17.5 Å². The van der Waals surface area contributed by atoms with Crippen molar-refractivity contribution in [2.24, 2.45) is 0 Å². The fourth-order valence-corrected chi connectivity index (χ4v) is 2.94. The third-order valence-electron chi connectivity index (χ3n) is 1.88. The van der Waals surface area contributed by atoms with E-state index < -0.39 is 10.0 Å². The van der Waals surface area contributed by atoms with Crippen LogP contribution in [0.15, 0.2) is 40.2 Å². The normalized spacial score (nSPS) is 11.2. The van der Waals surface area contributed by atoms with Gasteiger partial charge in [-0.3, -0.25) is 9.71 Å². The second kappa shape index (κ2) is 4.11. The van der Waals surface area contributed by atoms with Gasteiger partial charge in [-0.1, -0.05) is 0 Å². The van der Waals surface area contributed by atoms with Crippen molar-refractivity contribution in [2.45, 2.75) is 4.90 Å². The Bertz CT molecular complexity index is 579. The number of rotatable bonds is 3. The van der Waals surface area contributed by atoms with Crippen LogP contribution in [0.2, 0.25) is 0 Å². The van der Waals surface area contributed by atoms with Gasteiger partial charge in [0.15, 0.2) is 0 Å². The zero-order valence-corrected chi connectivity index (χ0v) is 9.75. The standard InChI is InChI=1S/C9H9N3O2S2/c10-8-1-3-11-5-9(8)16(13,14)12-7-2-4-15-6-7/h1-6,12H,(H2,10,11). The molecule has 2 heterocycles. The van der Waals surface area contributed by atoms with Crippen LogP contribution in [0.3, 0.4) is 0 Å². The number of hydrogen-bond donors (Lipinski definition) is 2. The minimum absolute atomic E-state index is 0.0128. The Morgan fingerprint density at radius 1 is 1.38 bits per heavy atom. The molecule has 0 saturated heterocycles. The average molecular weight is 255 g/mol. The zero-order chi connectivity index (χ0) is 11.6. The van der Waals surface area contributed by atoms with Crippen LogP contribution in [0.1, 0.15) is 0 Å². The van der Waals surface area contributed by atoms with Gasteiger partial charge in [0.05, 0.1) is 11.4 Å². The maximum atomic E-state index is 11.9. The summed E-state index contributed by atoms with van der Waals surface area (Å²) in [5.41, 5.74) is 6.28. The van der Waals surface area contributed by atoms with Crippen LogP contribution in [0, 0.1) is 0 Å². The Labute approximate surface area is 97.0 Å². The maximum Gasteiger partial charge on any atom is 0.265 e. The number of nitrogen functional groups attached to an aromatic ring is 1. The Hall–Kier alpha value is -1.60. The highest BCUT2D eigenvalue weighted by molar-refractivity contribution is 7.92. The van der Waals surface area contributed by atoms with E-state index in [1.165, 1.54) is 29.8 Å². The molecule has 0 aliphatic carbocycles. The van der Waals surface area contributed by atoms with Crippen molar-refractivity contribution >= 4 is 32.7 Å². The van der Waals surface area contributed by atoms with Crippen molar-refractivity contribution < 1.29 is 8.42 Å². The summed E-state index contributed by atoms with van der Waals surface area (Å²) in [6, 6.07) is 3.12. The van der Waals surface area contributed by atoms with Crippen LogP contribution in [0.5, 0.6) is 0 Å². The second-order valence-electron chi connectivity index (χ2n) is 3.03. The molecule has 5 nitrogen and oxygen atoms in total. The molecular formula is C9H9N3O2S2. The number of nitrogens with zero attached hydrogens (tertiary/aromatic N) is 1. The van der Waals surface area contributed by atoms with Gasteiger partial charge in [0.1, 0.15) is 4.90 Å². The molecule has 2 rings (SSSR count). The van der Waals surface area contributed by atoms with E-state index >= 15 is 0 Å². The van der Waals surface area contributed by atoms with Crippen molar-refractivity contribution in [3.63, 3.8) is 0 Å². The SMILES string of the molecule is Nc1ccncc1S(=O)(=O)Nc1ccsc1. The lowest BCUT2D eigenvalue weighted by Crippen LogP contribution is -2.14. The first kappa shape index (κ1) is 10.9. The molecular weight excluding hydrogens is 246 g/mol. The molecule has 0 aliphatic rings. The predicted molar refractivity (Wildman–Crippen MR) is 63.8 cm³/mol.